The van der Waals surface area contributed by atoms with Crippen molar-refractivity contribution in [2.24, 2.45) is 0 Å². The van der Waals surface area contributed by atoms with Crippen molar-refractivity contribution in [1.29, 1.82) is 0 Å². The van der Waals surface area contributed by atoms with E-state index in [9.17, 15) is 4.79 Å². The van der Waals surface area contributed by atoms with Gasteiger partial charge in [-0.3, -0.25) is 4.79 Å². The molecule has 1 N–H and O–H groups in total. The minimum Gasteiger partial charge on any atom is -0.480 e. The maximum atomic E-state index is 12.3. The molecular formula is C17H18N2O3. The standard InChI is InChI=1S/C17H18N2O3/c1-21-17-14(7-4-9-18-17)16(20)19-11-15-13-6-3-2-5-12(13)8-10-22-15/h2-7,9,15H,8,10-11H2,1H3,(H,19,20). The van der Waals surface area contributed by atoms with Crippen LogP contribution in [0.25, 0.3) is 0 Å². The normalized spacial score (nSPS) is 16.7. The number of hydrogen-bond acceptors (Lipinski definition) is 4. The zero-order chi connectivity index (χ0) is 15.4. The first-order valence-electron chi connectivity index (χ1n) is 7.26. The number of rotatable bonds is 4. The van der Waals surface area contributed by atoms with Crippen molar-refractivity contribution in [2.45, 2.75) is 12.5 Å². The summed E-state index contributed by atoms with van der Waals surface area (Å²) in [6.07, 6.45) is 2.39. The Labute approximate surface area is 129 Å². The van der Waals surface area contributed by atoms with E-state index in [4.69, 9.17) is 9.47 Å². The second-order valence-electron chi connectivity index (χ2n) is 5.08. The number of nitrogens with zero attached hydrogens (tertiary/aromatic N) is 1. The summed E-state index contributed by atoms with van der Waals surface area (Å²) >= 11 is 0. The first kappa shape index (κ1) is 14.5. The fourth-order valence-corrected chi connectivity index (χ4v) is 2.65. The Hall–Kier alpha value is -2.40. The van der Waals surface area contributed by atoms with Crippen molar-refractivity contribution < 1.29 is 14.3 Å². The summed E-state index contributed by atoms with van der Waals surface area (Å²) < 4.78 is 10.9. The van der Waals surface area contributed by atoms with E-state index in [1.807, 2.05) is 12.1 Å². The Morgan fingerprint density at radius 2 is 2.23 bits per heavy atom. The number of pyridine rings is 1. The molecule has 1 unspecified atom stereocenters. The Morgan fingerprint density at radius 3 is 3.09 bits per heavy atom. The van der Waals surface area contributed by atoms with E-state index in [0.29, 0.717) is 24.6 Å². The van der Waals surface area contributed by atoms with Gasteiger partial charge in [0.05, 0.1) is 13.7 Å². The molecule has 0 fully saturated rings. The maximum Gasteiger partial charge on any atom is 0.256 e. The van der Waals surface area contributed by atoms with Crippen LogP contribution >= 0.6 is 0 Å². The van der Waals surface area contributed by atoms with Crippen LogP contribution in [0.1, 0.15) is 27.6 Å². The molecule has 1 aromatic heterocycles. The molecule has 0 spiro atoms. The molecule has 0 saturated heterocycles. The van der Waals surface area contributed by atoms with Crippen molar-refractivity contribution in [2.75, 3.05) is 20.3 Å². The number of aromatic nitrogens is 1. The van der Waals surface area contributed by atoms with Crippen molar-refractivity contribution in [1.82, 2.24) is 10.3 Å². The van der Waals surface area contributed by atoms with Crippen LogP contribution in [0.15, 0.2) is 42.6 Å². The molecule has 0 saturated carbocycles. The van der Waals surface area contributed by atoms with E-state index in [0.717, 1.165) is 12.0 Å². The number of fused-ring (bicyclic) bond motifs is 1. The van der Waals surface area contributed by atoms with Crippen molar-refractivity contribution in [3.63, 3.8) is 0 Å². The van der Waals surface area contributed by atoms with Crippen LogP contribution < -0.4 is 10.1 Å². The van der Waals surface area contributed by atoms with Crippen LogP contribution in [0.4, 0.5) is 0 Å². The van der Waals surface area contributed by atoms with Gasteiger partial charge >= 0.3 is 0 Å². The SMILES string of the molecule is COc1ncccc1C(=O)NCC1OCCc2ccccc21. The number of methoxy groups -OCH3 is 1. The predicted octanol–water partition coefficient (Wildman–Crippen LogP) is 2.13. The van der Waals surface area contributed by atoms with Gasteiger partial charge in [-0.15, -0.1) is 0 Å². The Bertz CT molecular complexity index is 672. The monoisotopic (exact) mass is 298 g/mol. The lowest BCUT2D eigenvalue weighted by atomic mass is 9.97. The lowest BCUT2D eigenvalue weighted by molar-refractivity contribution is 0.0411. The third-order valence-electron chi connectivity index (χ3n) is 3.75. The smallest absolute Gasteiger partial charge is 0.256 e. The number of nitrogens with one attached hydrogen (secondary N) is 1. The van der Waals surface area contributed by atoms with Crippen LogP contribution in [0.5, 0.6) is 5.88 Å². The molecule has 1 aliphatic rings. The second-order valence-corrected chi connectivity index (χ2v) is 5.08. The summed E-state index contributed by atoms with van der Waals surface area (Å²) in [4.78, 5) is 16.3. The highest BCUT2D eigenvalue weighted by molar-refractivity contribution is 5.96. The largest absolute Gasteiger partial charge is 0.480 e. The van der Waals surface area contributed by atoms with E-state index in [2.05, 4.69) is 22.4 Å². The summed E-state index contributed by atoms with van der Waals surface area (Å²) in [5.74, 6) is 0.113. The zero-order valence-corrected chi connectivity index (χ0v) is 12.4. The molecule has 1 aliphatic heterocycles. The van der Waals surface area contributed by atoms with Crippen molar-refractivity contribution >= 4 is 5.91 Å². The van der Waals surface area contributed by atoms with Crippen molar-refractivity contribution in [3.05, 3.63) is 59.3 Å². The number of benzene rings is 1. The number of carbonyl (C=O) groups excluding carboxylic acids is 1. The summed E-state index contributed by atoms with van der Waals surface area (Å²) in [6, 6.07) is 11.6. The van der Waals surface area contributed by atoms with E-state index in [-0.39, 0.29) is 12.0 Å². The van der Waals surface area contributed by atoms with Gasteiger partial charge in [-0.2, -0.15) is 0 Å². The molecular weight excluding hydrogens is 280 g/mol. The molecule has 1 aromatic carbocycles. The van der Waals surface area contributed by atoms with Crippen LogP contribution in [-0.4, -0.2) is 31.2 Å². The fraction of sp³-hybridized carbons (Fsp3) is 0.294. The molecule has 5 nitrogen and oxygen atoms in total. The van der Waals surface area contributed by atoms with Gasteiger partial charge in [0.25, 0.3) is 5.91 Å². The van der Waals surface area contributed by atoms with E-state index in [1.165, 1.54) is 12.7 Å². The molecule has 2 heterocycles. The summed E-state index contributed by atoms with van der Waals surface area (Å²) in [6.45, 7) is 1.10. The van der Waals surface area contributed by atoms with Gasteiger partial charge in [0, 0.05) is 12.7 Å². The Kier molecular flexibility index (Phi) is 4.34. The van der Waals surface area contributed by atoms with E-state index in [1.54, 1.807) is 18.3 Å². The van der Waals surface area contributed by atoms with Crippen LogP contribution in [0, 0.1) is 0 Å². The summed E-state index contributed by atoms with van der Waals surface area (Å²) in [5.41, 5.74) is 2.85. The molecule has 3 rings (SSSR count). The third-order valence-corrected chi connectivity index (χ3v) is 3.75. The van der Waals surface area contributed by atoms with Gasteiger partial charge in [0.1, 0.15) is 11.7 Å². The molecule has 0 radical (unpaired) electrons. The molecule has 1 atom stereocenters. The average molecular weight is 298 g/mol. The quantitative estimate of drug-likeness (QED) is 0.939. The maximum absolute atomic E-state index is 12.3. The fourth-order valence-electron chi connectivity index (χ4n) is 2.65. The molecule has 2 aromatic rings. The lowest BCUT2D eigenvalue weighted by Gasteiger charge is -2.26. The predicted molar refractivity (Wildman–Crippen MR) is 82.0 cm³/mol. The average Bonchev–Trinajstić information content (AvgIpc) is 2.59. The van der Waals surface area contributed by atoms with Gasteiger partial charge in [0.15, 0.2) is 0 Å². The molecule has 0 aliphatic carbocycles. The molecule has 114 valence electrons. The summed E-state index contributed by atoms with van der Waals surface area (Å²) in [5, 5.41) is 2.90. The number of ether oxygens (including phenoxy) is 2. The topological polar surface area (TPSA) is 60.5 Å². The van der Waals surface area contributed by atoms with Gasteiger partial charge in [-0.1, -0.05) is 24.3 Å². The van der Waals surface area contributed by atoms with E-state index < -0.39 is 0 Å². The number of carbonyl (C=O) groups is 1. The van der Waals surface area contributed by atoms with Gasteiger partial charge in [-0.25, -0.2) is 4.98 Å². The number of amides is 1. The number of hydrogen-bond donors (Lipinski definition) is 1. The molecule has 5 heteroatoms. The first-order chi connectivity index (χ1) is 10.8. The minimum absolute atomic E-state index is 0.114. The zero-order valence-electron chi connectivity index (χ0n) is 12.4. The first-order valence-corrected chi connectivity index (χ1v) is 7.26. The second kappa shape index (κ2) is 6.58. The molecule has 22 heavy (non-hydrogen) atoms. The van der Waals surface area contributed by atoms with Gasteiger partial charge in [-0.05, 0) is 29.7 Å². The molecule has 1 amide bonds. The van der Waals surface area contributed by atoms with Crippen molar-refractivity contribution in [3.8, 4) is 5.88 Å². The highest BCUT2D eigenvalue weighted by Gasteiger charge is 2.22. The molecule has 0 bridgehead atoms. The van der Waals surface area contributed by atoms with Crippen LogP contribution in [0.3, 0.4) is 0 Å². The Morgan fingerprint density at radius 1 is 1.36 bits per heavy atom. The summed E-state index contributed by atoms with van der Waals surface area (Å²) in [7, 11) is 1.50. The van der Waals surface area contributed by atoms with Gasteiger partial charge < -0.3 is 14.8 Å². The lowest BCUT2D eigenvalue weighted by Crippen LogP contribution is -2.32. The Balaban J connectivity index is 1.70. The van der Waals surface area contributed by atoms with Gasteiger partial charge in [0.2, 0.25) is 5.88 Å². The third kappa shape index (κ3) is 2.94. The minimum atomic E-state index is -0.211. The van der Waals surface area contributed by atoms with Crippen LogP contribution in [0.2, 0.25) is 0 Å². The highest BCUT2D eigenvalue weighted by atomic mass is 16.5. The van der Waals surface area contributed by atoms with Crippen LogP contribution in [-0.2, 0) is 11.2 Å². The van der Waals surface area contributed by atoms with E-state index >= 15 is 0 Å². The highest BCUT2D eigenvalue weighted by Crippen LogP contribution is 2.26.